The van der Waals surface area contributed by atoms with Crippen LogP contribution in [0.2, 0.25) is 0 Å². The number of carbonyl (C=O) groups excluding carboxylic acids is 1. The van der Waals surface area contributed by atoms with Gasteiger partial charge in [-0.1, -0.05) is 11.3 Å². The third kappa shape index (κ3) is 2.99. The van der Waals surface area contributed by atoms with Gasteiger partial charge in [-0.05, 0) is 51.4 Å². The maximum Gasteiger partial charge on any atom is 0.279 e. The fourth-order valence-corrected chi connectivity index (χ4v) is 2.67. The maximum atomic E-state index is 12.3. The van der Waals surface area contributed by atoms with Gasteiger partial charge in [0.1, 0.15) is 5.82 Å². The second-order valence-electron chi connectivity index (χ2n) is 5.62. The second-order valence-corrected chi connectivity index (χ2v) is 5.62. The molecule has 0 spiro atoms. The highest BCUT2D eigenvalue weighted by molar-refractivity contribution is 6.02. The van der Waals surface area contributed by atoms with Crippen molar-refractivity contribution in [3.63, 3.8) is 0 Å². The predicted octanol–water partition coefficient (Wildman–Crippen LogP) is 1.47. The van der Waals surface area contributed by atoms with Crippen molar-refractivity contribution in [2.45, 2.75) is 32.7 Å². The average Bonchev–Trinajstić information content (AvgIpc) is 2.92. The smallest absolute Gasteiger partial charge is 0.279 e. The number of hydrogen-bond donors (Lipinski definition) is 2. The Morgan fingerprint density at radius 2 is 2.09 bits per heavy atom. The Labute approximate surface area is 129 Å². The minimum absolute atomic E-state index is 0.269. The highest BCUT2D eigenvalue weighted by Crippen LogP contribution is 2.20. The van der Waals surface area contributed by atoms with Crippen LogP contribution in [0.15, 0.2) is 18.3 Å². The van der Waals surface area contributed by atoms with Gasteiger partial charge in [-0.25, -0.2) is 9.67 Å². The van der Waals surface area contributed by atoms with Crippen LogP contribution in [0.4, 0.5) is 5.82 Å². The molecule has 0 unspecified atom stereocenters. The Kier molecular flexibility index (Phi) is 4.15. The molecule has 22 heavy (non-hydrogen) atoms. The van der Waals surface area contributed by atoms with Crippen molar-refractivity contribution >= 4 is 11.7 Å². The summed E-state index contributed by atoms with van der Waals surface area (Å²) in [5.74, 6) is 0.250. The molecule has 7 nitrogen and oxygen atoms in total. The van der Waals surface area contributed by atoms with Crippen molar-refractivity contribution in [2.75, 3.05) is 18.4 Å². The van der Waals surface area contributed by atoms with Crippen molar-refractivity contribution < 1.29 is 4.79 Å². The van der Waals surface area contributed by atoms with E-state index >= 15 is 0 Å². The van der Waals surface area contributed by atoms with E-state index < -0.39 is 0 Å². The van der Waals surface area contributed by atoms with E-state index in [2.05, 4.69) is 25.9 Å². The Hall–Kier alpha value is -2.28. The summed E-state index contributed by atoms with van der Waals surface area (Å²) in [6.07, 6.45) is 3.73. The third-order valence-corrected chi connectivity index (χ3v) is 3.95. The molecule has 1 amide bonds. The Bertz CT molecular complexity index is 657. The zero-order chi connectivity index (χ0) is 15.5. The third-order valence-electron chi connectivity index (χ3n) is 3.95. The molecular weight excluding hydrogens is 280 g/mol. The largest absolute Gasteiger partial charge is 0.317 e. The lowest BCUT2D eigenvalue weighted by Gasteiger charge is -2.23. The molecule has 2 aromatic rings. The summed E-state index contributed by atoms with van der Waals surface area (Å²) >= 11 is 0. The first-order valence-corrected chi connectivity index (χ1v) is 7.51. The molecule has 0 aromatic carbocycles. The van der Waals surface area contributed by atoms with Gasteiger partial charge >= 0.3 is 0 Å². The summed E-state index contributed by atoms with van der Waals surface area (Å²) in [5.41, 5.74) is 2.21. The van der Waals surface area contributed by atoms with Crippen LogP contribution in [0.5, 0.6) is 0 Å². The molecule has 3 heterocycles. The fourth-order valence-electron chi connectivity index (χ4n) is 2.67. The van der Waals surface area contributed by atoms with E-state index in [1.165, 1.54) is 0 Å². The van der Waals surface area contributed by atoms with Crippen LogP contribution in [0.25, 0.3) is 0 Å². The van der Waals surface area contributed by atoms with Crippen LogP contribution in [0, 0.1) is 13.8 Å². The van der Waals surface area contributed by atoms with Crippen LogP contribution >= 0.6 is 0 Å². The molecule has 7 heteroatoms. The van der Waals surface area contributed by atoms with Crippen molar-refractivity contribution in [1.82, 2.24) is 25.3 Å². The molecule has 0 aliphatic carbocycles. The Balaban J connectivity index is 1.75. The van der Waals surface area contributed by atoms with Crippen LogP contribution in [0.1, 0.15) is 40.6 Å². The Morgan fingerprint density at radius 3 is 2.77 bits per heavy atom. The number of nitrogens with zero attached hydrogens (tertiary/aromatic N) is 4. The average molecular weight is 300 g/mol. The topological polar surface area (TPSA) is 84.7 Å². The normalized spacial score (nSPS) is 15.7. The van der Waals surface area contributed by atoms with Crippen molar-refractivity contribution in [3.05, 3.63) is 35.3 Å². The van der Waals surface area contributed by atoms with Crippen molar-refractivity contribution in [1.29, 1.82) is 0 Å². The molecule has 2 aromatic heterocycles. The Morgan fingerprint density at radius 1 is 1.32 bits per heavy atom. The van der Waals surface area contributed by atoms with Crippen LogP contribution in [-0.4, -0.2) is 39.0 Å². The number of amides is 1. The summed E-state index contributed by atoms with van der Waals surface area (Å²) in [6.45, 7) is 5.78. The number of nitrogens with one attached hydrogen (secondary N) is 2. The van der Waals surface area contributed by atoms with Crippen LogP contribution in [0.3, 0.4) is 0 Å². The standard InChI is InChI=1S/C15H20N6O/c1-10-3-4-13(17-9-10)18-15(22)14-11(2)21(20-19-14)12-5-7-16-8-6-12/h3-4,9,12,16H,5-8H2,1-2H3,(H,17,18,22). The fraction of sp³-hybridized carbons (Fsp3) is 0.467. The molecular formula is C15H20N6O. The van der Waals surface area contributed by atoms with Gasteiger partial charge in [-0.2, -0.15) is 0 Å². The molecule has 1 aliphatic rings. The lowest BCUT2D eigenvalue weighted by Crippen LogP contribution is -2.30. The van der Waals surface area contributed by atoms with Gasteiger partial charge in [0.2, 0.25) is 0 Å². The number of pyridine rings is 1. The van der Waals surface area contributed by atoms with E-state index in [0.717, 1.165) is 37.2 Å². The summed E-state index contributed by atoms with van der Waals surface area (Å²) in [4.78, 5) is 16.5. The molecule has 1 saturated heterocycles. The lowest BCUT2D eigenvalue weighted by atomic mass is 10.1. The zero-order valence-electron chi connectivity index (χ0n) is 12.8. The number of aryl methyl sites for hydroxylation is 1. The van der Waals surface area contributed by atoms with Crippen molar-refractivity contribution in [2.24, 2.45) is 0 Å². The quantitative estimate of drug-likeness (QED) is 0.896. The van der Waals surface area contributed by atoms with Crippen molar-refractivity contribution in [3.8, 4) is 0 Å². The van der Waals surface area contributed by atoms with Gasteiger partial charge in [0.15, 0.2) is 5.69 Å². The van der Waals surface area contributed by atoms with Gasteiger partial charge < -0.3 is 10.6 Å². The molecule has 2 N–H and O–H groups in total. The second kappa shape index (κ2) is 6.23. The molecule has 0 atom stereocenters. The molecule has 1 aliphatic heterocycles. The number of anilines is 1. The molecule has 1 fully saturated rings. The molecule has 116 valence electrons. The van der Waals surface area contributed by atoms with Crippen LogP contribution in [-0.2, 0) is 0 Å². The number of hydrogen-bond acceptors (Lipinski definition) is 5. The molecule has 0 radical (unpaired) electrons. The SMILES string of the molecule is Cc1ccc(NC(=O)c2nnn(C3CCNCC3)c2C)nc1. The highest BCUT2D eigenvalue weighted by atomic mass is 16.2. The van der Waals surface area contributed by atoms with E-state index in [4.69, 9.17) is 0 Å². The minimum atomic E-state index is -0.269. The number of carbonyl (C=O) groups is 1. The van der Waals surface area contributed by atoms with E-state index in [-0.39, 0.29) is 5.91 Å². The summed E-state index contributed by atoms with van der Waals surface area (Å²) in [6, 6.07) is 3.99. The first-order chi connectivity index (χ1) is 10.6. The number of aromatic nitrogens is 4. The first kappa shape index (κ1) is 14.6. The van der Waals surface area contributed by atoms with E-state index in [9.17, 15) is 4.79 Å². The van der Waals surface area contributed by atoms with E-state index in [1.54, 1.807) is 12.3 Å². The van der Waals surface area contributed by atoms with Gasteiger partial charge in [-0.15, -0.1) is 5.10 Å². The molecule has 3 rings (SSSR count). The lowest BCUT2D eigenvalue weighted by molar-refractivity contribution is 0.102. The molecule has 0 bridgehead atoms. The first-order valence-electron chi connectivity index (χ1n) is 7.51. The monoisotopic (exact) mass is 300 g/mol. The van der Waals surface area contributed by atoms with E-state index in [0.29, 0.717) is 17.6 Å². The van der Waals surface area contributed by atoms with E-state index in [1.807, 2.05) is 24.6 Å². The summed E-state index contributed by atoms with van der Waals surface area (Å²) in [7, 11) is 0. The maximum absolute atomic E-state index is 12.3. The van der Waals surface area contributed by atoms with Gasteiger partial charge in [-0.3, -0.25) is 4.79 Å². The van der Waals surface area contributed by atoms with Gasteiger partial charge in [0, 0.05) is 6.20 Å². The van der Waals surface area contributed by atoms with Gasteiger partial charge in [0.25, 0.3) is 5.91 Å². The summed E-state index contributed by atoms with van der Waals surface area (Å²) in [5, 5.41) is 14.3. The van der Waals surface area contributed by atoms with Crippen LogP contribution < -0.4 is 10.6 Å². The summed E-state index contributed by atoms with van der Waals surface area (Å²) < 4.78 is 1.87. The minimum Gasteiger partial charge on any atom is -0.317 e. The zero-order valence-corrected chi connectivity index (χ0v) is 12.8. The predicted molar refractivity (Wildman–Crippen MR) is 82.8 cm³/mol. The number of rotatable bonds is 3. The number of piperidine rings is 1. The highest BCUT2D eigenvalue weighted by Gasteiger charge is 2.23. The van der Waals surface area contributed by atoms with Gasteiger partial charge in [0.05, 0.1) is 11.7 Å². The molecule has 0 saturated carbocycles.